The minimum atomic E-state index is 0.854. The molecule has 0 bridgehead atoms. The number of aryl methyl sites for hydroxylation is 2. The van der Waals surface area contributed by atoms with Gasteiger partial charge in [-0.05, 0) is 41.4 Å². The van der Waals surface area contributed by atoms with E-state index in [1.54, 1.807) is 22.7 Å². The number of aromatic nitrogens is 1. The molecule has 0 aliphatic heterocycles. The standard InChI is InChI=1S/C11H13BrN2S2/c1-7-3-9(16-11(7)12)5-13-6-10-14-4-8(2)15-10/h3-4,13H,5-6H2,1-2H3. The minimum Gasteiger partial charge on any atom is -0.306 e. The molecule has 2 aromatic rings. The van der Waals surface area contributed by atoms with Gasteiger partial charge in [0.1, 0.15) is 5.01 Å². The predicted octanol–water partition coefficient (Wildman–Crippen LogP) is 3.87. The highest BCUT2D eigenvalue weighted by atomic mass is 79.9. The van der Waals surface area contributed by atoms with Gasteiger partial charge >= 0.3 is 0 Å². The largest absolute Gasteiger partial charge is 0.306 e. The van der Waals surface area contributed by atoms with Crippen LogP contribution in [-0.2, 0) is 13.1 Å². The van der Waals surface area contributed by atoms with Crippen LogP contribution in [0.5, 0.6) is 0 Å². The van der Waals surface area contributed by atoms with Crippen molar-refractivity contribution in [3.05, 3.63) is 36.4 Å². The van der Waals surface area contributed by atoms with Crippen LogP contribution >= 0.6 is 38.6 Å². The predicted molar refractivity (Wildman–Crippen MR) is 74.2 cm³/mol. The number of rotatable bonds is 4. The smallest absolute Gasteiger partial charge is 0.107 e. The van der Waals surface area contributed by atoms with Crippen LogP contribution < -0.4 is 5.32 Å². The summed E-state index contributed by atoms with van der Waals surface area (Å²) >= 11 is 7.08. The van der Waals surface area contributed by atoms with Crippen LogP contribution in [0.1, 0.15) is 20.3 Å². The van der Waals surface area contributed by atoms with E-state index >= 15 is 0 Å². The number of nitrogens with zero attached hydrogens (tertiary/aromatic N) is 1. The number of nitrogens with one attached hydrogen (secondary N) is 1. The lowest BCUT2D eigenvalue weighted by atomic mass is 10.3. The fourth-order valence-corrected chi connectivity index (χ4v) is 3.74. The van der Waals surface area contributed by atoms with E-state index in [1.807, 2.05) is 6.20 Å². The van der Waals surface area contributed by atoms with Crippen molar-refractivity contribution < 1.29 is 0 Å². The zero-order valence-electron chi connectivity index (χ0n) is 9.21. The van der Waals surface area contributed by atoms with E-state index in [2.05, 4.69) is 46.1 Å². The molecular weight excluding hydrogens is 304 g/mol. The molecule has 0 saturated heterocycles. The van der Waals surface area contributed by atoms with E-state index in [1.165, 1.54) is 19.1 Å². The molecule has 5 heteroatoms. The normalized spacial score (nSPS) is 10.9. The Morgan fingerprint density at radius 3 is 2.69 bits per heavy atom. The highest BCUT2D eigenvalue weighted by Gasteiger charge is 2.03. The second kappa shape index (κ2) is 5.40. The lowest BCUT2D eigenvalue weighted by molar-refractivity contribution is 0.697. The molecule has 0 aromatic carbocycles. The lowest BCUT2D eigenvalue weighted by Gasteiger charge is -1.98. The van der Waals surface area contributed by atoms with Gasteiger partial charge in [0, 0.05) is 29.0 Å². The molecule has 0 saturated carbocycles. The van der Waals surface area contributed by atoms with Crippen LogP contribution in [0, 0.1) is 13.8 Å². The minimum absolute atomic E-state index is 0.854. The van der Waals surface area contributed by atoms with Crippen molar-refractivity contribution in [3.63, 3.8) is 0 Å². The second-order valence-corrected chi connectivity index (χ2v) is 7.41. The first-order chi connectivity index (χ1) is 7.65. The summed E-state index contributed by atoms with van der Waals surface area (Å²) in [6.07, 6.45) is 1.92. The highest BCUT2D eigenvalue weighted by molar-refractivity contribution is 9.11. The maximum Gasteiger partial charge on any atom is 0.107 e. The highest BCUT2D eigenvalue weighted by Crippen LogP contribution is 2.27. The first kappa shape index (κ1) is 12.2. The van der Waals surface area contributed by atoms with Gasteiger partial charge in [-0.3, -0.25) is 0 Å². The van der Waals surface area contributed by atoms with Crippen molar-refractivity contribution >= 4 is 38.6 Å². The molecule has 2 aromatic heterocycles. The molecule has 2 nitrogen and oxygen atoms in total. The van der Waals surface area contributed by atoms with E-state index < -0.39 is 0 Å². The Bertz CT molecular complexity index is 457. The van der Waals surface area contributed by atoms with Crippen molar-refractivity contribution in [2.24, 2.45) is 0 Å². The number of hydrogen-bond acceptors (Lipinski definition) is 4. The summed E-state index contributed by atoms with van der Waals surface area (Å²) in [5, 5.41) is 4.57. The third-order valence-corrected chi connectivity index (χ3v) is 5.20. The van der Waals surface area contributed by atoms with Crippen molar-refractivity contribution in [1.29, 1.82) is 0 Å². The van der Waals surface area contributed by atoms with E-state index in [4.69, 9.17) is 0 Å². The van der Waals surface area contributed by atoms with E-state index in [-0.39, 0.29) is 0 Å². The molecule has 0 unspecified atom stereocenters. The summed E-state index contributed by atoms with van der Waals surface area (Å²) in [4.78, 5) is 6.95. The molecule has 1 N–H and O–H groups in total. The molecule has 2 rings (SSSR count). The van der Waals surface area contributed by atoms with Crippen molar-refractivity contribution in [1.82, 2.24) is 10.3 Å². The molecule has 0 atom stereocenters. The van der Waals surface area contributed by atoms with Gasteiger partial charge in [0.05, 0.1) is 3.79 Å². The third kappa shape index (κ3) is 3.13. The molecule has 0 radical (unpaired) electrons. The quantitative estimate of drug-likeness (QED) is 0.926. The Morgan fingerprint density at radius 1 is 1.31 bits per heavy atom. The Hall–Kier alpha value is -0.230. The zero-order chi connectivity index (χ0) is 11.5. The van der Waals surface area contributed by atoms with Crippen LogP contribution in [0.15, 0.2) is 16.0 Å². The SMILES string of the molecule is Cc1cnc(CNCc2cc(C)c(Br)s2)s1. The summed E-state index contributed by atoms with van der Waals surface area (Å²) < 4.78 is 1.23. The van der Waals surface area contributed by atoms with Gasteiger partial charge in [0.2, 0.25) is 0 Å². The van der Waals surface area contributed by atoms with Crippen LogP contribution in [0.25, 0.3) is 0 Å². The Labute approximate surface area is 112 Å². The van der Waals surface area contributed by atoms with Gasteiger partial charge in [-0.15, -0.1) is 22.7 Å². The molecule has 0 aliphatic rings. The summed E-state index contributed by atoms with van der Waals surface area (Å²) in [5.41, 5.74) is 1.31. The van der Waals surface area contributed by atoms with Gasteiger partial charge < -0.3 is 5.32 Å². The fraction of sp³-hybridized carbons (Fsp3) is 0.364. The maximum atomic E-state index is 4.32. The lowest BCUT2D eigenvalue weighted by Crippen LogP contribution is -2.11. The molecule has 0 aliphatic carbocycles. The average Bonchev–Trinajstić information content (AvgIpc) is 2.75. The van der Waals surface area contributed by atoms with Crippen molar-refractivity contribution in [2.75, 3.05) is 0 Å². The van der Waals surface area contributed by atoms with Crippen LogP contribution in [0.3, 0.4) is 0 Å². The Kier molecular flexibility index (Phi) is 4.13. The van der Waals surface area contributed by atoms with Crippen molar-refractivity contribution in [3.8, 4) is 0 Å². The maximum absolute atomic E-state index is 4.32. The first-order valence-corrected chi connectivity index (χ1v) is 7.44. The number of halogens is 1. The monoisotopic (exact) mass is 316 g/mol. The van der Waals surface area contributed by atoms with Gasteiger partial charge in [-0.2, -0.15) is 0 Å². The zero-order valence-corrected chi connectivity index (χ0v) is 12.4. The summed E-state index contributed by atoms with van der Waals surface area (Å²) in [6, 6.07) is 2.22. The summed E-state index contributed by atoms with van der Waals surface area (Å²) in [6.45, 7) is 5.97. The van der Waals surface area contributed by atoms with Gasteiger partial charge in [0.25, 0.3) is 0 Å². The third-order valence-electron chi connectivity index (χ3n) is 2.15. The molecular formula is C11H13BrN2S2. The molecule has 0 fully saturated rings. The summed E-state index contributed by atoms with van der Waals surface area (Å²) in [7, 11) is 0. The molecule has 16 heavy (non-hydrogen) atoms. The second-order valence-electron chi connectivity index (χ2n) is 3.64. The first-order valence-electron chi connectivity index (χ1n) is 5.02. The average molecular weight is 317 g/mol. The van der Waals surface area contributed by atoms with Gasteiger partial charge in [0.15, 0.2) is 0 Å². The van der Waals surface area contributed by atoms with Crippen LogP contribution in [-0.4, -0.2) is 4.98 Å². The molecule has 0 spiro atoms. The van der Waals surface area contributed by atoms with Crippen LogP contribution in [0.4, 0.5) is 0 Å². The summed E-state index contributed by atoms with van der Waals surface area (Å²) in [5.74, 6) is 0. The topological polar surface area (TPSA) is 24.9 Å². The number of thiazole rings is 1. The fourth-order valence-electron chi connectivity index (χ4n) is 1.39. The molecule has 0 amide bonds. The number of hydrogen-bond donors (Lipinski definition) is 1. The number of thiophene rings is 1. The van der Waals surface area contributed by atoms with E-state index in [0.717, 1.165) is 18.1 Å². The Morgan fingerprint density at radius 2 is 2.12 bits per heavy atom. The molecule has 86 valence electrons. The van der Waals surface area contributed by atoms with Crippen molar-refractivity contribution in [2.45, 2.75) is 26.9 Å². The Balaban J connectivity index is 1.84. The van der Waals surface area contributed by atoms with Gasteiger partial charge in [-0.25, -0.2) is 4.98 Å². The van der Waals surface area contributed by atoms with E-state index in [0.29, 0.717) is 0 Å². The van der Waals surface area contributed by atoms with E-state index in [9.17, 15) is 0 Å². The molecule has 2 heterocycles. The van der Waals surface area contributed by atoms with Crippen LogP contribution in [0.2, 0.25) is 0 Å². The van der Waals surface area contributed by atoms with Gasteiger partial charge in [-0.1, -0.05) is 0 Å².